The van der Waals surface area contributed by atoms with Crippen molar-refractivity contribution < 1.29 is 46.9 Å². The minimum atomic E-state index is -3.87. The topological polar surface area (TPSA) is 133 Å². The molecule has 3 aliphatic rings. The normalized spacial score (nSPS) is 37.5. The molecule has 2 saturated heterocycles. The molecule has 0 aliphatic carbocycles. The summed E-state index contributed by atoms with van der Waals surface area (Å²) in [5.41, 5.74) is -3.48. The lowest BCUT2D eigenvalue weighted by atomic mass is 9.86. The molecule has 174 valence electrons. The Morgan fingerprint density at radius 2 is 2.26 bits per heavy atom. The zero-order valence-corrected chi connectivity index (χ0v) is 18.3. The molecule has 3 heterocycles. The van der Waals surface area contributed by atoms with Crippen LogP contribution in [0.5, 0.6) is 0 Å². The van der Waals surface area contributed by atoms with Crippen LogP contribution in [0.2, 0.25) is 0 Å². The molecule has 0 saturated carbocycles. The average molecular weight is 464 g/mol. The van der Waals surface area contributed by atoms with Gasteiger partial charge in [-0.05, 0) is 27.2 Å². The van der Waals surface area contributed by atoms with E-state index in [0.717, 1.165) is 0 Å². The number of hydrogen-bond donors (Lipinski definition) is 2. The van der Waals surface area contributed by atoms with Crippen molar-refractivity contribution in [3.63, 3.8) is 0 Å². The summed E-state index contributed by atoms with van der Waals surface area (Å²) in [6.07, 6.45) is -1.78. The smallest absolute Gasteiger partial charge is 0.432 e. The molecule has 1 unspecified atom stereocenters. The van der Waals surface area contributed by atoms with Crippen LogP contribution in [0.4, 0.5) is 9.18 Å². The van der Waals surface area contributed by atoms with Gasteiger partial charge in [-0.15, -0.1) is 0 Å². The van der Waals surface area contributed by atoms with E-state index in [0.29, 0.717) is 0 Å². The number of halogens is 1. The molecule has 0 spiro atoms. The first kappa shape index (κ1) is 23.7. The van der Waals surface area contributed by atoms with E-state index in [2.05, 4.69) is 11.9 Å². The number of ether oxygens (including phenoxy) is 3. The Hall–Kier alpha value is -1.98. The summed E-state index contributed by atoms with van der Waals surface area (Å²) >= 11 is 0. The van der Waals surface area contributed by atoms with E-state index < -0.39 is 62.8 Å². The number of rotatable bonds is 6. The van der Waals surface area contributed by atoms with E-state index in [1.807, 2.05) is 0 Å². The van der Waals surface area contributed by atoms with Crippen LogP contribution in [-0.2, 0) is 32.6 Å². The summed E-state index contributed by atoms with van der Waals surface area (Å²) in [7, 11) is -3.87. The highest BCUT2D eigenvalue weighted by atomic mass is 31.2. The minimum Gasteiger partial charge on any atom is -0.432 e. The van der Waals surface area contributed by atoms with Crippen LogP contribution in [0.1, 0.15) is 27.2 Å². The van der Waals surface area contributed by atoms with Gasteiger partial charge in [0.25, 0.3) is 5.91 Å². The van der Waals surface area contributed by atoms with Crippen LogP contribution in [0.15, 0.2) is 24.7 Å². The molecule has 2 fully saturated rings. The number of carbonyl (C=O) groups is 2. The molecular formula is C18H26FN2O9P. The third-order valence-corrected chi connectivity index (χ3v) is 6.93. The molecular weight excluding hydrogens is 438 g/mol. The SMILES string of the molecule is C=C1NC(=O)C=CN1[C@@H]1O[C@]2(CF)CCP(=O)(OCOC(=O)OC(C)C)O[C@H]2[C@@]1(C)O. The lowest BCUT2D eigenvalue weighted by Crippen LogP contribution is -2.57. The maximum absolute atomic E-state index is 14.1. The van der Waals surface area contributed by atoms with Gasteiger partial charge in [-0.2, -0.15) is 0 Å². The van der Waals surface area contributed by atoms with Gasteiger partial charge in [0.15, 0.2) is 6.23 Å². The van der Waals surface area contributed by atoms with Crippen molar-refractivity contribution in [3.05, 3.63) is 24.7 Å². The van der Waals surface area contributed by atoms with Gasteiger partial charge in [0.2, 0.25) is 6.79 Å². The minimum absolute atomic E-state index is 0.0923. The van der Waals surface area contributed by atoms with Crippen molar-refractivity contribution in [3.8, 4) is 0 Å². The lowest BCUT2D eigenvalue weighted by Gasteiger charge is -2.41. The highest BCUT2D eigenvalue weighted by Gasteiger charge is 2.68. The van der Waals surface area contributed by atoms with E-state index >= 15 is 0 Å². The van der Waals surface area contributed by atoms with Gasteiger partial charge in [0.05, 0.1) is 12.3 Å². The van der Waals surface area contributed by atoms with Crippen LogP contribution in [0, 0.1) is 0 Å². The molecule has 5 atom stereocenters. The number of hydrogen-bond acceptors (Lipinski definition) is 10. The van der Waals surface area contributed by atoms with Gasteiger partial charge < -0.3 is 29.5 Å². The second-order valence-electron chi connectivity index (χ2n) is 7.93. The van der Waals surface area contributed by atoms with Gasteiger partial charge in [-0.25, -0.2) is 9.18 Å². The summed E-state index contributed by atoms with van der Waals surface area (Å²) in [6.45, 7) is 6.56. The van der Waals surface area contributed by atoms with Crippen molar-refractivity contribution in [2.45, 2.75) is 56.8 Å². The fourth-order valence-electron chi connectivity index (χ4n) is 3.69. The molecule has 2 N–H and O–H groups in total. The van der Waals surface area contributed by atoms with E-state index in [-0.39, 0.29) is 18.4 Å². The third-order valence-electron chi connectivity index (χ3n) is 5.13. The van der Waals surface area contributed by atoms with E-state index in [9.17, 15) is 23.7 Å². The number of amides is 1. The number of nitrogens with zero attached hydrogens (tertiary/aromatic N) is 1. The molecule has 11 nitrogen and oxygen atoms in total. The van der Waals surface area contributed by atoms with Gasteiger partial charge >= 0.3 is 13.8 Å². The fraction of sp³-hybridized carbons (Fsp3) is 0.667. The molecule has 0 bridgehead atoms. The maximum atomic E-state index is 14.1. The van der Waals surface area contributed by atoms with Crippen molar-refractivity contribution in [2.75, 3.05) is 19.6 Å². The van der Waals surface area contributed by atoms with Crippen molar-refractivity contribution >= 4 is 19.7 Å². The number of alkyl halides is 1. The Morgan fingerprint density at radius 1 is 1.55 bits per heavy atom. The Balaban J connectivity index is 1.74. The zero-order valence-electron chi connectivity index (χ0n) is 17.4. The van der Waals surface area contributed by atoms with Crippen molar-refractivity contribution in [1.82, 2.24) is 10.2 Å². The molecule has 0 aromatic rings. The van der Waals surface area contributed by atoms with E-state index in [1.165, 1.54) is 24.1 Å². The first-order valence-electron chi connectivity index (χ1n) is 9.60. The highest BCUT2D eigenvalue weighted by molar-refractivity contribution is 7.53. The molecule has 3 rings (SSSR count). The maximum Gasteiger partial charge on any atom is 0.510 e. The summed E-state index contributed by atoms with van der Waals surface area (Å²) < 4.78 is 53.3. The lowest BCUT2D eigenvalue weighted by molar-refractivity contribution is -0.137. The van der Waals surface area contributed by atoms with Crippen LogP contribution in [0.25, 0.3) is 0 Å². The van der Waals surface area contributed by atoms with Crippen LogP contribution in [-0.4, -0.2) is 71.3 Å². The molecule has 0 aromatic heterocycles. The Kier molecular flexibility index (Phi) is 6.50. The fourth-order valence-corrected chi connectivity index (χ4v) is 5.57. The molecule has 31 heavy (non-hydrogen) atoms. The van der Waals surface area contributed by atoms with Crippen molar-refractivity contribution in [1.29, 1.82) is 0 Å². The summed E-state index contributed by atoms with van der Waals surface area (Å²) in [5.74, 6) is -0.302. The monoisotopic (exact) mass is 464 g/mol. The van der Waals surface area contributed by atoms with E-state index in [4.69, 9.17) is 23.3 Å². The Bertz CT molecular complexity index is 833. The largest absolute Gasteiger partial charge is 0.510 e. The first-order chi connectivity index (χ1) is 14.4. The second kappa shape index (κ2) is 8.51. The number of nitrogens with one attached hydrogen (secondary N) is 1. The van der Waals surface area contributed by atoms with Gasteiger partial charge in [-0.3, -0.25) is 18.4 Å². The molecule has 1 amide bonds. The van der Waals surface area contributed by atoms with Crippen LogP contribution in [0.3, 0.4) is 0 Å². The number of fused-ring (bicyclic) bond motifs is 1. The predicted octanol–water partition coefficient (Wildman–Crippen LogP) is 1.74. The van der Waals surface area contributed by atoms with Gasteiger partial charge in [-0.1, -0.05) is 6.58 Å². The van der Waals surface area contributed by atoms with Crippen LogP contribution < -0.4 is 5.32 Å². The second-order valence-corrected chi connectivity index (χ2v) is 10.1. The van der Waals surface area contributed by atoms with Gasteiger partial charge in [0, 0.05) is 12.3 Å². The van der Waals surface area contributed by atoms with Crippen molar-refractivity contribution in [2.24, 2.45) is 0 Å². The zero-order chi connectivity index (χ0) is 23.0. The number of carbonyl (C=O) groups excluding carboxylic acids is 2. The quantitative estimate of drug-likeness (QED) is 0.340. The average Bonchev–Trinajstić information content (AvgIpc) is 2.89. The molecule has 0 aromatic carbocycles. The Morgan fingerprint density at radius 3 is 2.87 bits per heavy atom. The molecule has 3 aliphatic heterocycles. The standard InChI is InChI=1S/C18H26FN2O9P/c1-11(2)28-16(23)26-10-27-31(25)8-6-18(9-19)14(30-31)17(4,24)15(29-18)21-7-5-13(22)20-12(21)3/h5,7,11,14-15,24H,3,6,8-10H2,1-2,4H3,(H,20,22)/t14-,15+,17+,18-,31?/m0/s1. The Labute approximate surface area is 178 Å². The predicted molar refractivity (Wildman–Crippen MR) is 103 cm³/mol. The summed E-state index contributed by atoms with van der Waals surface area (Å²) in [4.78, 5) is 24.3. The first-order valence-corrected chi connectivity index (χ1v) is 11.3. The van der Waals surface area contributed by atoms with Gasteiger partial charge in [0.1, 0.15) is 29.8 Å². The third kappa shape index (κ3) is 4.63. The highest BCUT2D eigenvalue weighted by Crippen LogP contribution is 2.61. The molecule has 13 heteroatoms. The van der Waals surface area contributed by atoms with Crippen LogP contribution >= 0.6 is 7.60 Å². The molecule has 0 radical (unpaired) electrons. The summed E-state index contributed by atoms with van der Waals surface area (Å²) in [5, 5.41) is 13.7. The summed E-state index contributed by atoms with van der Waals surface area (Å²) in [6, 6.07) is 0. The van der Waals surface area contributed by atoms with E-state index in [1.54, 1.807) is 13.8 Å². The number of aliphatic hydroxyl groups is 1.